The monoisotopic (exact) mass is 315 g/mol. The third kappa shape index (κ3) is 2.70. The molecule has 0 aromatic heterocycles. The van der Waals surface area contributed by atoms with E-state index >= 15 is 0 Å². The molecular formula is C17H21N3O3. The minimum absolute atomic E-state index is 0.217. The molecule has 1 aromatic rings. The first-order valence-corrected chi connectivity index (χ1v) is 7.67. The molecule has 6 heteroatoms. The van der Waals surface area contributed by atoms with Gasteiger partial charge in [0.2, 0.25) is 0 Å². The molecule has 0 bridgehead atoms. The highest BCUT2D eigenvalue weighted by molar-refractivity contribution is 6.35. The molecule has 1 saturated heterocycles. The van der Waals surface area contributed by atoms with Crippen molar-refractivity contribution in [1.82, 2.24) is 14.7 Å². The fraction of sp³-hybridized carbons (Fsp3) is 0.412. The lowest BCUT2D eigenvalue weighted by Gasteiger charge is -2.34. The van der Waals surface area contributed by atoms with Crippen molar-refractivity contribution in [2.24, 2.45) is 0 Å². The highest BCUT2D eigenvalue weighted by Gasteiger charge is 2.39. The van der Waals surface area contributed by atoms with E-state index in [0.29, 0.717) is 11.3 Å². The van der Waals surface area contributed by atoms with E-state index in [4.69, 9.17) is 4.74 Å². The Hall–Kier alpha value is -2.34. The van der Waals surface area contributed by atoms with E-state index in [-0.39, 0.29) is 11.8 Å². The molecule has 0 N–H and O–H groups in total. The van der Waals surface area contributed by atoms with Gasteiger partial charge in [-0.25, -0.2) is 0 Å². The van der Waals surface area contributed by atoms with Gasteiger partial charge >= 0.3 is 0 Å². The topological polar surface area (TPSA) is 53.1 Å². The van der Waals surface area contributed by atoms with E-state index in [0.717, 1.165) is 37.5 Å². The maximum atomic E-state index is 12.6. The third-order valence-corrected chi connectivity index (χ3v) is 4.46. The van der Waals surface area contributed by atoms with Crippen LogP contribution in [0.2, 0.25) is 0 Å². The second kappa shape index (κ2) is 6.04. The number of hydrogen-bond acceptors (Lipinski definition) is 5. The van der Waals surface area contributed by atoms with Crippen LogP contribution in [0.5, 0.6) is 5.75 Å². The van der Waals surface area contributed by atoms with Crippen LogP contribution >= 0.6 is 0 Å². The maximum Gasteiger partial charge on any atom is 0.277 e. The van der Waals surface area contributed by atoms with Gasteiger partial charge in [-0.15, -0.1) is 0 Å². The lowest BCUT2D eigenvalue weighted by atomic mass is 10.0. The van der Waals surface area contributed by atoms with Crippen LogP contribution in [0.4, 0.5) is 0 Å². The Balaban J connectivity index is 2.02. The highest BCUT2D eigenvalue weighted by atomic mass is 16.5. The minimum Gasteiger partial charge on any atom is -0.497 e. The molecule has 0 spiro atoms. The van der Waals surface area contributed by atoms with Crippen molar-refractivity contribution in [3.63, 3.8) is 0 Å². The predicted octanol–water partition coefficient (Wildman–Crippen LogP) is 0.652. The summed E-state index contributed by atoms with van der Waals surface area (Å²) in [4.78, 5) is 30.6. The molecule has 1 aromatic carbocycles. The lowest BCUT2D eigenvalue weighted by Crippen LogP contribution is -2.45. The first kappa shape index (κ1) is 15.6. The Morgan fingerprint density at radius 2 is 1.52 bits per heavy atom. The Morgan fingerprint density at radius 1 is 0.913 bits per heavy atom. The Kier molecular flexibility index (Phi) is 4.09. The number of likely N-dealkylation sites (N-methyl/N-ethyl adjacent to an activating group) is 2. The molecule has 0 radical (unpaired) electrons. The summed E-state index contributed by atoms with van der Waals surface area (Å²) in [6.45, 7) is 3.26. The zero-order valence-corrected chi connectivity index (χ0v) is 13.7. The van der Waals surface area contributed by atoms with Gasteiger partial charge in [0.25, 0.3) is 11.8 Å². The zero-order valence-electron chi connectivity index (χ0n) is 13.7. The molecule has 122 valence electrons. The number of carbonyl (C=O) groups is 2. The molecule has 0 unspecified atom stereocenters. The van der Waals surface area contributed by atoms with Gasteiger partial charge in [-0.1, -0.05) is 12.1 Å². The van der Waals surface area contributed by atoms with Crippen LogP contribution < -0.4 is 4.74 Å². The van der Waals surface area contributed by atoms with E-state index < -0.39 is 0 Å². The van der Waals surface area contributed by atoms with Crippen LogP contribution in [-0.4, -0.2) is 73.9 Å². The first-order valence-electron chi connectivity index (χ1n) is 7.67. The van der Waals surface area contributed by atoms with Gasteiger partial charge in [-0.2, -0.15) is 0 Å². The predicted molar refractivity (Wildman–Crippen MR) is 86.8 cm³/mol. The molecule has 2 amide bonds. The lowest BCUT2D eigenvalue weighted by molar-refractivity contribution is -0.136. The second-order valence-electron chi connectivity index (χ2n) is 5.91. The molecule has 6 nitrogen and oxygen atoms in total. The average Bonchev–Trinajstić information content (AvgIpc) is 2.80. The number of amides is 2. The van der Waals surface area contributed by atoms with Gasteiger partial charge in [-0.3, -0.25) is 14.5 Å². The van der Waals surface area contributed by atoms with Crippen molar-refractivity contribution in [3.05, 3.63) is 35.5 Å². The van der Waals surface area contributed by atoms with Gasteiger partial charge < -0.3 is 14.5 Å². The van der Waals surface area contributed by atoms with Crippen LogP contribution in [0.25, 0.3) is 5.57 Å². The number of imide groups is 1. The molecule has 2 aliphatic heterocycles. The Bertz CT molecular complexity index is 658. The normalized spacial score (nSPS) is 19.8. The molecule has 2 aliphatic rings. The number of carbonyl (C=O) groups excluding carboxylic acids is 2. The largest absolute Gasteiger partial charge is 0.497 e. The molecule has 2 heterocycles. The molecule has 3 rings (SSSR count). The fourth-order valence-corrected chi connectivity index (χ4v) is 2.97. The van der Waals surface area contributed by atoms with Crippen LogP contribution in [-0.2, 0) is 9.59 Å². The van der Waals surface area contributed by atoms with Crippen molar-refractivity contribution in [2.45, 2.75) is 0 Å². The number of methoxy groups -OCH3 is 1. The van der Waals surface area contributed by atoms with Crippen molar-refractivity contribution in [1.29, 1.82) is 0 Å². The van der Waals surface area contributed by atoms with E-state index in [1.807, 2.05) is 17.0 Å². The number of ether oxygens (including phenoxy) is 1. The quantitative estimate of drug-likeness (QED) is 0.767. The summed E-state index contributed by atoms with van der Waals surface area (Å²) in [6, 6.07) is 7.27. The van der Waals surface area contributed by atoms with Gasteiger partial charge in [0.1, 0.15) is 11.4 Å². The molecule has 0 aliphatic carbocycles. The smallest absolute Gasteiger partial charge is 0.277 e. The van der Waals surface area contributed by atoms with E-state index in [2.05, 4.69) is 11.9 Å². The second-order valence-corrected chi connectivity index (χ2v) is 5.91. The van der Waals surface area contributed by atoms with Crippen LogP contribution in [0.1, 0.15) is 5.56 Å². The van der Waals surface area contributed by atoms with Crippen molar-refractivity contribution >= 4 is 17.4 Å². The maximum absolute atomic E-state index is 12.6. The number of hydrogen-bond donors (Lipinski definition) is 0. The standard InChI is InChI=1S/C17H21N3O3/c1-18-8-10-20(11-9-18)15-14(16(21)19(2)17(15)22)12-4-6-13(23-3)7-5-12/h4-7H,8-11H2,1-3H3. The van der Waals surface area contributed by atoms with Gasteiger partial charge in [0.05, 0.1) is 12.7 Å². The van der Waals surface area contributed by atoms with Gasteiger partial charge in [0.15, 0.2) is 0 Å². The average molecular weight is 315 g/mol. The third-order valence-electron chi connectivity index (χ3n) is 4.46. The number of rotatable bonds is 3. The summed E-state index contributed by atoms with van der Waals surface area (Å²) in [5, 5.41) is 0. The summed E-state index contributed by atoms with van der Waals surface area (Å²) in [6.07, 6.45) is 0. The zero-order chi connectivity index (χ0) is 16.6. The van der Waals surface area contributed by atoms with Crippen molar-refractivity contribution in [3.8, 4) is 5.75 Å². The van der Waals surface area contributed by atoms with E-state index in [1.165, 1.54) is 11.9 Å². The van der Waals surface area contributed by atoms with Crippen LogP contribution in [0.3, 0.4) is 0 Å². The number of benzene rings is 1. The summed E-state index contributed by atoms with van der Waals surface area (Å²) >= 11 is 0. The van der Waals surface area contributed by atoms with Gasteiger partial charge in [0, 0.05) is 33.2 Å². The summed E-state index contributed by atoms with van der Waals surface area (Å²) < 4.78 is 5.16. The van der Waals surface area contributed by atoms with E-state index in [1.54, 1.807) is 19.2 Å². The van der Waals surface area contributed by atoms with Crippen molar-refractivity contribution in [2.75, 3.05) is 47.4 Å². The molecule has 1 fully saturated rings. The van der Waals surface area contributed by atoms with E-state index in [9.17, 15) is 9.59 Å². The SMILES string of the molecule is COc1ccc(C2=C(N3CCN(C)CC3)C(=O)N(C)C2=O)cc1. The highest BCUT2D eigenvalue weighted by Crippen LogP contribution is 2.32. The first-order chi connectivity index (χ1) is 11.0. The van der Waals surface area contributed by atoms with Crippen LogP contribution in [0, 0.1) is 0 Å². The fourth-order valence-electron chi connectivity index (χ4n) is 2.97. The number of piperazine rings is 1. The molecule has 0 atom stereocenters. The van der Waals surface area contributed by atoms with Crippen LogP contribution in [0.15, 0.2) is 30.0 Å². The van der Waals surface area contributed by atoms with Crippen molar-refractivity contribution < 1.29 is 14.3 Å². The summed E-state index contributed by atoms with van der Waals surface area (Å²) in [7, 11) is 5.20. The minimum atomic E-state index is -0.242. The molecule has 23 heavy (non-hydrogen) atoms. The molecule has 0 saturated carbocycles. The number of nitrogens with zero attached hydrogens (tertiary/aromatic N) is 3. The Labute approximate surface area is 135 Å². The summed E-state index contributed by atoms with van der Waals surface area (Å²) in [5.41, 5.74) is 1.77. The van der Waals surface area contributed by atoms with Gasteiger partial charge in [-0.05, 0) is 24.7 Å². The Morgan fingerprint density at radius 3 is 2.09 bits per heavy atom. The summed E-state index contributed by atoms with van der Waals surface area (Å²) in [5.74, 6) is 0.264. The molecular weight excluding hydrogens is 294 g/mol.